The molecule has 5 nitrogen and oxygen atoms in total. The molecule has 1 N–H and O–H groups in total. The van der Waals surface area contributed by atoms with Crippen LogP contribution in [-0.2, 0) is 11.3 Å². The van der Waals surface area contributed by atoms with Gasteiger partial charge in [-0.1, -0.05) is 91.3 Å². The second kappa shape index (κ2) is 11.2. The van der Waals surface area contributed by atoms with E-state index in [2.05, 4.69) is 30.4 Å². The Kier molecular flexibility index (Phi) is 7.36. The predicted octanol–water partition coefficient (Wildman–Crippen LogP) is 6.50. The fourth-order valence-electron chi connectivity index (χ4n) is 4.54. The van der Waals surface area contributed by atoms with E-state index in [4.69, 9.17) is 4.74 Å². The molecule has 0 saturated carbocycles. The zero-order valence-corrected chi connectivity index (χ0v) is 21.6. The minimum absolute atomic E-state index is 0.129. The van der Waals surface area contributed by atoms with E-state index < -0.39 is 0 Å². The summed E-state index contributed by atoms with van der Waals surface area (Å²) in [4.78, 5) is 27.9. The quantitative estimate of drug-likeness (QED) is 0.294. The van der Waals surface area contributed by atoms with Crippen LogP contribution in [0.15, 0.2) is 109 Å². The van der Waals surface area contributed by atoms with E-state index in [0.717, 1.165) is 22.4 Å². The van der Waals surface area contributed by atoms with Crippen molar-refractivity contribution < 1.29 is 14.3 Å². The van der Waals surface area contributed by atoms with Crippen LogP contribution in [0.2, 0.25) is 0 Å². The predicted molar refractivity (Wildman–Crippen MR) is 151 cm³/mol. The average Bonchev–Trinajstić information content (AvgIpc) is 2.94. The van der Waals surface area contributed by atoms with Crippen LogP contribution in [0, 0.1) is 6.92 Å². The maximum absolute atomic E-state index is 13.5. The van der Waals surface area contributed by atoms with Crippen LogP contribution in [0.4, 0.5) is 5.69 Å². The average molecular weight is 503 g/mol. The Morgan fingerprint density at radius 1 is 0.921 bits per heavy atom. The third-order valence-corrected chi connectivity index (χ3v) is 6.66. The number of ether oxygens (including phenoxy) is 1. The van der Waals surface area contributed by atoms with Crippen molar-refractivity contribution in [3.63, 3.8) is 0 Å². The summed E-state index contributed by atoms with van der Waals surface area (Å²) in [6.45, 7) is 5.12. The first kappa shape index (κ1) is 25.0. The summed E-state index contributed by atoms with van der Waals surface area (Å²) < 4.78 is 6.02. The molecule has 5 rings (SSSR count). The maximum atomic E-state index is 13.5. The van der Waals surface area contributed by atoms with Crippen molar-refractivity contribution in [3.8, 4) is 5.75 Å². The summed E-state index contributed by atoms with van der Waals surface area (Å²) in [5.41, 5.74) is 5.46. The third-order valence-electron chi connectivity index (χ3n) is 6.66. The molecular weight excluding hydrogens is 472 g/mol. The number of carbonyl (C=O) groups excluding carboxylic acids is 2. The van der Waals surface area contributed by atoms with E-state index in [-0.39, 0.29) is 23.5 Å². The van der Waals surface area contributed by atoms with Gasteiger partial charge in [-0.15, -0.1) is 0 Å². The van der Waals surface area contributed by atoms with Crippen molar-refractivity contribution in [2.45, 2.75) is 26.3 Å². The monoisotopic (exact) mass is 502 g/mol. The number of amides is 2. The Morgan fingerprint density at radius 2 is 1.66 bits per heavy atom. The highest BCUT2D eigenvalue weighted by molar-refractivity contribution is 6.09. The van der Waals surface area contributed by atoms with Crippen LogP contribution in [0.1, 0.15) is 45.5 Å². The fraction of sp³-hybridized carbons (Fsp3) is 0.152. The number of rotatable bonds is 7. The lowest BCUT2D eigenvalue weighted by molar-refractivity contribution is -0.117. The second-order valence-electron chi connectivity index (χ2n) is 9.60. The molecule has 0 fully saturated rings. The molecular formula is C33H30N2O3. The number of nitrogens with one attached hydrogen (secondary N) is 1. The lowest BCUT2D eigenvalue weighted by Crippen LogP contribution is -2.36. The van der Waals surface area contributed by atoms with E-state index in [1.165, 1.54) is 5.56 Å². The van der Waals surface area contributed by atoms with Crippen LogP contribution in [0.25, 0.3) is 6.08 Å². The maximum Gasteiger partial charge on any atom is 0.294 e. The Labute approximate surface area is 223 Å². The number of hydrogen-bond acceptors (Lipinski definition) is 3. The van der Waals surface area contributed by atoms with E-state index in [0.29, 0.717) is 24.4 Å². The zero-order valence-electron chi connectivity index (χ0n) is 21.6. The summed E-state index contributed by atoms with van der Waals surface area (Å²) >= 11 is 0. The van der Waals surface area contributed by atoms with Gasteiger partial charge in [0, 0.05) is 12.1 Å². The van der Waals surface area contributed by atoms with Crippen LogP contribution < -0.4 is 15.0 Å². The molecule has 1 unspecified atom stereocenters. The molecule has 190 valence electrons. The van der Waals surface area contributed by atoms with Gasteiger partial charge in [0.15, 0.2) is 11.5 Å². The van der Waals surface area contributed by atoms with Gasteiger partial charge in [-0.25, -0.2) is 0 Å². The SMILES string of the molecule is Cc1cccc(CN2C(=O)/C(=C\c3ccc(C(=O)NCC(C)c4ccccc4)cc3)Oc3ccccc32)c1. The van der Waals surface area contributed by atoms with Crippen molar-refractivity contribution in [2.75, 3.05) is 11.4 Å². The van der Waals surface area contributed by atoms with E-state index in [1.807, 2.05) is 79.7 Å². The molecule has 2 amide bonds. The molecule has 0 aliphatic carbocycles. The highest BCUT2D eigenvalue weighted by Crippen LogP contribution is 2.36. The summed E-state index contributed by atoms with van der Waals surface area (Å²) in [7, 11) is 0. The molecule has 1 heterocycles. The van der Waals surface area contributed by atoms with Gasteiger partial charge in [0.1, 0.15) is 0 Å². The molecule has 0 saturated heterocycles. The van der Waals surface area contributed by atoms with Gasteiger partial charge in [-0.2, -0.15) is 0 Å². The Bertz CT molecular complexity index is 1480. The number of hydrogen-bond donors (Lipinski definition) is 1. The minimum Gasteiger partial charge on any atom is -0.449 e. The Balaban J connectivity index is 1.31. The molecule has 0 aromatic heterocycles. The van der Waals surface area contributed by atoms with Crippen molar-refractivity contribution in [2.24, 2.45) is 0 Å². The van der Waals surface area contributed by atoms with E-state index in [9.17, 15) is 9.59 Å². The van der Waals surface area contributed by atoms with Gasteiger partial charge in [0.2, 0.25) is 0 Å². The largest absolute Gasteiger partial charge is 0.449 e. The number of benzene rings is 4. The topological polar surface area (TPSA) is 58.6 Å². The Hall–Kier alpha value is -4.64. The molecule has 0 radical (unpaired) electrons. The van der Waals surface area contributed by atoms with Crippen LogP contribution in [0.5, 0.6) is 5.75 Å². The van der Waals surface area contributed by atoms with Crippen LogP contribution in [0.3, 0.4) is 0 Å². The molecule has 4 aromatic rings. The smallest absolute Gasteiger partial charge is 0.294 e. The van der Waals surface area contributed by atoms with Crippen LogP contribution in [-0.4, -0.2) is 18.4 Å². The minimum atomic E-state index is -0.207. The summed E-state index contributed by atoms with van der Waals surface area (Å²) in [5, 5.41) is 3.01. The van der Waals surface area contributed by atoms with Gasteiger partial charge < -0.3 is 10.1 Å². The first-order valence-electron chi connectivity index (χ1n) is 12.8. The Morgan fingerprint density at radius 3 is 2.42 bits per heavy atom. The second-order valence-corrected chi connectivity index (χ2v) is 9.60. The number of nitrogens with zero attached hydrogens (tertiary/aromatic N) is 1. The number of carbonyl (C=O) groups is 2. The zero-order chi connectivity index (χ0) is 26.5. The molecule has 0 bridgehead atoms. The number of aryl methyl sites for hydroxylation is 1. The van der Waals surface area contributed by atoms with Gasteiger partial charge in [-0.3, -0.25) is 14.5 Å². The highest BCUT2D eigenvalue weighted by Gasteiger charge is 2.30. The molecule has 1 aliphatic rings. The first-order valence-corrected chi connectivity index (χ1v) is 12.8. The van der Waals surface area contributed by atoms with Crippen molar-refractivity contribution >= 4 is 23.6 Å². The van der Waals surface area contributed by atoms with Crippen molar-refractivity contribution in [1.82, 2.24) is 5.32 Å². The first-order chi connectivity index (χ1) is 18.5. The third kappa shape index (κ3) is 5.68. The van der Waals surface area contributed by atoms with Gasteiger partial charge >= 0.3 is 0 Å². The van der Waals surface area contributed by atoms with E-state index >= 15 is 0 Å². The van der Waals surface area contributed by atoms with Crippen molar-refractivity contribution in [3.05, 3.63) is 137 Å². The highest BCUT2D eigenvalue weighted by atomic mass is 16.5. The van der Waals surface area contributed by atoms with Gasteiger partial charge in [-0.05, 0) is 59.9 Å². The summed E-state index contributed by atoms with van der Waals surface area (Å²) in [5.74, 6) is 0.751. The molecule has 4 aromatic carbocycles. The lowest BCUT2D eigenvalue weighted by atomic mass is 10.0. The number of fused-ring (bicyclic) bond motifs is 1. The fourth-order valence-corrected chi connectivity index (χ4v) is 4.54. The van der Waals surface area contributed by atoms with Gasteiger partial charge in [0.05, 0.1) is 12.2 Å². The summed E-state index contributed by atoms with van der Waals surface area (Å²) in [6, 6.07) is 33.0. The van der Waals surface area contributed by atoms with Crippen molar-refractivity contribution in [1.29, 1.82) is 0 Å². The number of para-hydroxylation sites is 2. The summed E-state index contributed by atoms with van der Waals surface area (Å²) in [6.07, 6.45) is 1.72. The molecule has 0 spiro atoms. The molecule has 38 heavy (non-hydrogen) atoms. The number of anilines is 1. The standard InChI is InChI=1S/C33H30N2O3/c1-23-9-8-10-26(19-23)22-35-29-13-6-7-14-30(29)38-31(33(35)37)20-25-15-17-28(18-16-25)32(36)34-21-24(2)27-11-4-3-5-12-27/h3-20,24H,21-22H2,1-2H3,(H,34,36)/b31-20+. The molecule has 5 heteroatoms. The normalized spacial score (nSPS) is 14.5. The van der Waals surface area contributed by atoms with Gasteiger partial charge in [0.25, 0.3) is 11.8 Å². The molecule has 1 atom stereocenters. The van der Waals surface area contributed by atoms with E-state index in [1.54, 1.807) is 23.1 Å². The molecule has 1 aliphatic heterocycles. The van der Waals surface area contributed by atoms with Crippen LogP contribution >= 0.6 is 0 Å². The lowest BCUT2D eigenvalue weighted by Gasteiger charge is -2.30.